The lowest BCUT2D eigenvalue weighted by molar-refractivity contribution is -0.141. The van der Waals surface area contributed by atoms with Crippen molar-refractivity contribution in [1.82, 2.24) is 5.32 Å². The molecule has 0 aliphatic rings. The quantitative estimate of drug-likeness (QED) is 0.463. The Bertz CT molecular complexity index is 240. The third kappa shape index (κ3) is 8.20. The Balaban J connectivity index is 3.50. The van der Waals surface area contributed by atoms with Gasteiger partial charge in [0.05, 0.1) is 13.2 Å². The molecule has 13 heavy (non-hydrogen) atoms. The number of nitrogens with two attached hydrogens (primary N) is 1. The van der Waals surface area contributed by atoms with Crippen LogP contribution in [0.1, 0.15) is 13.3 Å². The first-order valence-corrected chi connectivity index (χ1v) is 3.81. The Morgan fingerprint density at radius 2 is 2.15 bits per heavy atom. The fourth-order valence-corrected chi connectivity index (χ4v) is 0.540. The molecule has 0 aromatic heterocycles. The van der Waals surface area contributed by atoms with E-state index in [2.05, 4.69) is 21.9 Å². The number of amides is 2. The van der Waals surface area contributed by atoms with E-state index in [1.54, 1.807) is 6.92 Å². The fourth-order valence-electron chi connectivity index (χ4n) is 0.540. The van der Waals surface area contributed by atoms with Crippen LogP contribution in [0, 0.1) is 11.8 Å². The largest absolute Gasteiger partial charge is 0.465 e. The highest BCUT2D eigenvalue weighted by Crippen LogP contribution is 1.82. The second-order valence-electron chi connectivity index (χ2n) is 2.05. The van der Waals surface area contributed by atoms with Gasteiger partial charge in [0, 0.05) is 0 Å². The first-order valence-electron chi connectivity index (χ1n) is 3.81. The van der Waals surface area contributed by atoms with Crippen molar-refractivity contribution in [3.05, 3.63) is 0 Å². The maximum absolute atomic E-state index is 10.7. The minimum atomic E-state index is -0.634. The number of rotatable bonds is 3. The molecule has 0 rings (SSSR count). The number of urea groups is 1. The van der Waals surface area contributed by atoms with Gasteiger partial charge in [-0.1, -0.05) is 11.8 Å². The van der Waals surface area contributed by atoms with Gasteiger partial charge in [-0.05, 0) is 6.92 Å². The molecule has 0 aromatic carbocycles. The van der Waals surface area contributed by atoms with Crippen LogP contribution in [-0.4, -0.2) is 25.2 Å². The molecule has 0 aliphatic carbocycles. The van der Waals surface area contributed by atoms with Crippen LogP contribution in [0.4, 0.5) is 4.79 Å². The molecule has 0 heterocycles. The van der Waals surface area contributed by atoms with Crippen molar-refractivity contribution in [2.75, 3.05) is 13.2 Å². The van der Waals surface area contributed by atoms with E-state index < -0.39 is 6.03 Å². The Morgan fingerprint density at radius 3 is 2.69 bits per heavy atom. The summed E-state index contributed by atoms with van der Waals surface area (Å²) in [4.78, 5) is 20.9. The number of hydrogen-bond donors (Lipinski definition) is 2. The predicted molar refractivity (Wildman–Crippen MR) is 46.6 cm³/mol. The highest BCUT2D eigenvalue weighted by molar-refractivity contribution is 5.73. The summed E-state index contributed by atoms with van der Waals surface area (Å²) < 4.78 is 4.62. The molecule has 0 unspecified atom stereocenters. The summed E-state index contributed by atoms with van der Waals surface area (Å²) in [6.45, 7) is 2.22. The van der Waals surface area contributed by atoms with Gasteiger partial charge >= 0.3 is 12.0 Å². The molecule has 0 spiro atoms. The van der Waals surface area contributed by atoms with Crippen molar-refractivity contribution in [1.29, 1.82) is 0 Å². The van der Waals surface area contributed by atoms with E-state index in [1.165, 1.54) is 0 Å². The zero-order valence-corrected chi connectivity index (χ0v) is 7.42. The fraction of sp³-hybridized carbons (Fsp3) is 0.500. The summed E-state index contributed by atoms with van der Waals surface area (Å²) in [5.74, 6) is 4.71. The summed E-state index contributed by atoms with van der Waals surface area (Å²) in [7, 11) is 0. The van der Waals surface area contributed by atoms with Crippen molar-refractivity contribution in [2.45, 2.75) is 13.3 Å². The summed E-state index contributed by atoms with van der Waals surface area (Å²) in [5, 5.41) is 2.26. The molecule has 0 aromatic rings. The molecule has 5 nitrogen and oxygen atoms in total. The van der Waals surface area contributed by atoms with Crippen LogP contribution in [0.25, 0.3) is 0 Å². The van der Waals surface area contributed by atoms with E-state index in [9.17, 15) is 9.59 Å². The topological polar surface area (TPSA) is 81.4 Å². The van der Waals surface area contributed by atoms with Crippen LogP contribution in [0.15, 0.2) is 0 Å². The van der Waals surface area contributed by atoms with Gasteiger partial charge in [0.2, 0.25) is 0 Å². The summed E-state index contributed by atoms with van der Waals surface area (Å²) in [5.41, 5.74) is 4.77. The van der Waals surface area contributed by atoms with Crippen LogP contribution in [-0.2, 0) is 9.53 Å². The standard InChI is InChI=1S/C8H12N2O3/c1-2-13-7(11)5-3-4-6-10-8(9)12/h2,5-6H2,1H3,(H3,9,10,12). The van der Waals surface area contributed by atoms with Gasteiger partial charge in [-0.2, -0.15) is 0 Å². The lowest BCUT2D eigenvalue weighted by Crippen LogP contribution is -2.29. The Hall–Kier alpha value is -1.70. The van der Waals surface area contributed by atoms with E-state index >= 15 is 0 Å². The molecule has 72 valence electrons. The maximum atomic E-state index is 10.7. The molecule has 0 bridgehead atoms. The zero-order valence-electron chi connectivity index (χ0n) is 7.42. The molecule has 0 radical (unpaired) electrons. The third-order valence-electron chi connectivity index (χ3n) is 1.01. The van der Waals surface area contributed by atoms with Crippen molar-refractivity contribution >= 4 is 12.0 Å². The van der Waals surface area contributed by atoms with E-state index in [0.717, 1.165) is 0 Å². The second-order valence-corrected chi connectivity index (χ2v) is 2.05. The first-order chi connectivity index (χ1) is 6.16. The third-order valence-corrected chi connectivity index (χ3v) is 1.01. The number of hydrogen-bond acceptors (Lipinski definition) is 3. The van der Waals surface area contributed by atoms with Gasteiger partial charge in [0.1, 0.15) is 6.42 Å². The number of carbonyl (C=O) groups excluding carboxylic acids is 2. The molecule has 0 aliphatic heterocycles. The van der Waals surface area contributed by atoms with Crippen LogP contribution in [0.5, 0.6) is 0 Å². The Kier molecular flexibility index (Phi) is 6.06. The molecule has 0 atom stereocenters. The summed E-state index contributed by atoms with van der Waals surface area (Å²) in [6, 6.07) is -0.634. The Labute approximate surface area is 76.6 Å². The van der Waals surface area contributed by atoms with Crippen molar-refractivity contribution in [2.24, 2.45) is 5.73 Å². The summed E-state index contributed by atoms with van der Waals surface area (Å²) in [6.07, 6.45) is 0.0360. The molecule has 3 N–H and O–H groups in total. The molecular formula is C8H12N2O3. The molecule has 0 saturated carbocycles. The normalized spacial score (nSPS) is 8.08. The van der Waals surface area contributed by atoms with E-state index in [0.29, 0.717) is 6.61 Å². The number of carbonyl (C=O) groups is 2. The monoisotopic (exact) mass is 184 g/mol. The van der Waals surface area contributed by atoms with Gasteiger partial charge in [-0.15, -0.1) is 0 Å². The average molecular weight is 184 g/mol. The van der Waals surface area contributed by atoms with Crippen LogP contribution < -0.4 is 11.1 Å². The van der Waals surface area contributed by atoms with E-state index in [1.807, 2.05) is 0 Å². The minimum absolute atomic E-state index is 0.0360. The minimum Gasteiger partial charge on any atom is -0.465 e. The van der Waals surface area contributed by atoms with E-state index in [-0.39, 0.29) is 18.9 Å². The smallest absolute Gasteiger partial charge is 0.317 e. The first kappa shape index (κ1) is 11.3. The predicted octanol–water partition coefficient (Wildman–Crippen LogP) is -0.389. The van der Waals surface area contributed by atoms with Crippen LogP contribution in [0.3, 0.4) is 0 Å². The highest BCUT2D eigenvalue weighted by atomic mass is 16.5. The maximum Gasteiger partial charge on any atom is 0.317 e. The van der Waals surface area contributed by atoms with Crippen molar-refractivity contribution in [3.8, 4) is 11.8 Å². The number of ether oxygens (including phenoxy) is 1. The van der Waals surface area contributed by atoms with Gasteiger partial charge in [-0.25, -0.2) is 4.79 Å². The molecular weight excluding hydrogens is 172 g/mol. The average Bonchev–Trinajstić information content (AvgIpc) is 2.03. The number of esters is 1. The van der Waals surface area contributed by atoms with Crippen molar-refractivity contribution < 1.29 is 14.3 Å². The number of primary amides is 1. The lowest BCUT2D eigenvalue weighted by atomic mass is 10.4. The molecule has 0 saturated heterocycles. The Morgan fingerprint density at radius 1 is 1.46 bits per heavy atom. The van der Waals surface area contributed by atoms with Gasteiger partial charge < -0.3 is 15.8 Å². The van der Waals surface area contributed by atoms with E-state index in [4.69, 9.17) is 5.73 Å². The molecule has 0 fully saturated rings. The van der Waals surface area contributed by atoms with Crippen LogP contribution in [0.2, 0.25) is 0 Å². The number of nitrogens with one attached hydrogen (secondary N) is 1. The summed E-state index contributed by atoms with van der Waals surface area (Å²) >= 11 is 0. The zero-order chi connectivity index (χ0) is 10.1. The molecule has 5 heteroatoms. The highest BCUT2D eigenvalue weighted by Gasteiger charge is 1.95. The van der Waals surface area contributed by atoms with Gasteiger partial charge in [0.25, 0.3) is 0 Å². The van der Waals surface area contributed by atoms with Gasteiger partial charge in [-0.3, -0.25) is 4.79 Å². The lowest BCUT2D eigenvalue weighted by Gasteiger charge is -1.94. The van der Waals surface area contributed by atoms with Gasteiger partial charge in [0.15, 0.2) is 0 Å². The molecule has 2 amide bonds. The SMILES string of the molecule is CCOC(=O)CC#CCNC(N)=O. The van der Waals surface area contributed by atoms with Crippen LogP contribution >= 0.6 is 0 Å². The second kappa shape index (κ2) is 6.98. The van der Waals surface area contributed by atoms with Crippen molar-refractivity contribution in [3.63, 3.8) is 0 Å².